The van der Waals surface area contributed by atoms with Crippen molar-refractivity contribution in [2.24, 2.45) is 5.92 Å². The van der Waals surface area contributed by atoms with Gasteiger partial charge in [0.2, 0.25) is 21.8 Å². The average Bonchev–Trinajstić information content (AvgIpc) is 3.10. The number of hydrogen-bond acceptors (Lipinski definition) is 5. The number of pyridine rings is 1. The Kier molecular flexibility index (Phi) is 5.99. The number of rotatable bonds is 6. The molecule has 0 spiro atoms. The minimum Gasteiger partial charge on any atom is -0.312 e. The highest BCUT2D eigenvalue weighted by Gasteiger charge is 2.30. The van der Waals surface area contributed by atoms with Crippen molar-refractivity contribution in [2.75, 3.05) is 16.8 Å². The van der Waals surface area contributed by atoms with Gasteiger partial charge in [-0.25, -0.2) is 13.4 Å². The summed E-state index contributed by atoms with van der Waals surface area (Å²) in [6.07, 6.45) is 2.13. The molecule has 9 heteroatoms. The zero-order chi connectivity index (χ0) is 21.2. The Balaban J connectivity index is 1.81. The summed E-state index contributed by atoms with van der Waals surface area (Å²) in [5.41, 5.74) is 1.52. The van der Waals surface area contributed by atoms with Gasteiger partial charge >= 0.3 is 0 Å². The molecule has 0 aliphatic carbocycles. The van der Waals surface area contributed by atoms with Gasteiger partial charge in [-0.1, -0.05) is 19.9 Å². The highest BCUT2D eigenvalue weighted by molar-refractivity contribution is 7.89. The van der Waals surface area contributed by atoms with Gasteiger partial charge in [-0.15, -0.1) is 0 Å². The summed E-state index contributed by atoms with van der Waals surface area (Å²) in [5.74, 6) is -0.491. The molecule has 2 aromatic rings. The van der Waals surface area contributed by atoms with Crippen LogP contribution in [-0.2, 0) is 26.0 Å². The third-order valence-electron chi connectivity index (χ3n) is 4.78. The lowest BCUT2D eigenvalue weighted by molar-refractivity contribution is -0.118. The van der Waals surface area contributed by atoms with E-state index in [1.807, 2.05) is 0 Å². The number of hydrogen-bond donors (Lipinski definition) is 2. The number of nitrogens with one attached hydrogen (secondary N) is 2. The monoisotopic (exact) mass is 416 g/mol. The quantitative estimate of drug-likeness (QED) is 0.748. The van der Waals surface area contributed by atoms with Gasteiger partial charge in [0.25, 0.3) is 0 Å². The van der Waals surface area contributed by atoms with E-state index in [-0.39, 0.29) is 16.7 Å². The van der Waals surface area contributed by atoms with Crippen LogP contribution in [0, 0.1) is 5.92 Å². The van der Waals surface area contributed by atoms with Gasteiger partial charge in [0.1, 0.15) is 11.9 Å². The van der Waals surface area contributed by atoms with E-state index in [0.717, 1.165) is 11.3 Å². The molecule has 0 radical (unpaired) electrons. The van der Waals surface area contributed by atoms with Gasteiger partial charge in [-0.05, 0) is 48.2 Å². The van der Waals surface area contributed by atoms with Crippen LogP contribution in [0.4, 0.5) is 11.5 Å². The highest BCUT2D eigenvalue weighted by Crippen LogP contribution is 2.30. The first kappa shape index (κ1) is 20.9. The first-order valence-corrected chi connectivity index (χ1v) is 10.8. The summed E-state index contributed by atoms with van der Waals surface area (Å²) >= 11 is 0. The standard InChI is InChI=1S/C20H24N4O4S/c1-13(2)19(20(26)22-18-6-4-5-10-21-18)23-29(27,28)16-7-8-17-15(12-16)9-11-24(17)14(3)25/h4-8,10,12-13,19,23H,9,11H2,1-3H3,(H,21,22,26). The van der Waals surface area contributed by atoms with Gasteiger partial charge < -0.3 is 10.2 Å². The number of fused-ring (bicyclic) bond motifs is 1. The molecule has 0 fully saturated rings. The zero-order valence-corrected chi connectivity index (χ0v) is 17.4. The molecule has 2 amide bonds. The van der Waals surface area contributed by atoms with Gasteiger partial charge in [-0.2, -0.15) is 4.72 Å². The van der Waals surface area contributed by atoms with Crippen LogP contribution in [0.2, 0.25) is 0 Å². The summed E-state index contributed by atoms with van der Waals surface area (Å²) in [6.45, 7) is 5.54. The molecule has 2 N–H and O–H groups in total. The van der Waals surface area contributed by atoms with E-state index in [1.165, 1.54) is 13.0 Å². The molecular weight excluding hydrogens is 392 g/mol. The largest absolute Gasteiger partial charge is 0.312 e. The van der Waals surface area contributed by atoms with Crippen molar-refractivity contribution >= 4 is 33.3 Å². The van der Waals surface area contributed by atoms with Crippen molar-refractivity contribution in [2.45, 2.75) is 38.1 Å². The average molecular weight is 417 g/mol. The Labute approximate surface area is 170 Å². The van der Waals surface area contributed by atoms with E-state index in [0.29, 0.717) is 18.8 Å². The number of nitrogens with zero attached hydrogens (tertiary/aromatic N) is 2. The van der Waals surface area contributed by atoms with E-state index in [2.05, 4.69) is 15.0 Å². The molecule has 3 rings (SSSR count). The summed E-state index contributed by atoms with van der Waals surface area (Å²) < 4.78 is 28.4. The molecule has 1 aromatic heterocycles. The van der Waals surface area contributed by atoms with Crippen molar-refractivity contribution in [1.29, 1.82) is 0 Å². The van der Waals surface area contributed by atoms with Crippen LogP contribution >= 0.6 is 0 Å². The lowest BCUT2D eigenvalue weighted by Crippen LogP contribution is -2.47. The molecule has 1 aliphatic heterocycles. The third kappa shape index (κ3) is 4.63. The molecule has 0 saturated heterocycles. The second-order valence-electron chi connectivity index (χ2n) is 7.26. The van der Waals surface area contributed by atoms with Crippen molar-refractivity contribution in [3.8, 4) is 0 Å². The molecule has 8 nitrogen and oxygen atoms in total. The Morgan fingerprint density at radius 3 is 2.55 bits per heavy atom. The van der Waals surface area contributed by atoms with Crippen LogP contribution in [0.3, 0.4) is 0 Å². The maximum absolute atomic E-state index is 12.9. The highest BCUT2D eigenvalue weighted by atomic mass is 32.2. The minimum absolute atomic E-state index is 0.0675. The fourth-order valence-corrected chi connectivity index (χ4v) is 4.63. The topological polar surface area (TPSA) is 108 Å². The predicted octanol–water partition coefficient (Wildman–Crippen LogP) is 1.93. The SMILES string of the molecule is CC(=O)N1CCc2cc(S(=O)(=O)NC(C(=O)Nc3ccccn3)C(C)C)ccc21. The summed E-state index contributed by atoms with van der Waals surface area (Å²) in [5, 5.41) is 2.64. The number of anilines is 2. The maximum Gasteiger partial charge on any atom is 0.243 e. The summed E-state index contributed by atoms with van der Waals surface area (Å²) in [7, 11) is -3.94. The van der Waals surface area contributed by atoms with Crippen LogP contribution in [0.5, 0.6) is 0 Å². The number of carbonyl (C=O) groups excluding carboxylic acids is 2. The molecule has 0 saturated carbocycles. The van der Waals surface area contributed by atoms with Gasteiger partial charge in [0.15, 0.2) is 0 Å². The first-order valence-electron chi connectivity index (χ1n) is 9.34. The lowest BCUT2D eigenvalue weighted by Gasteiger charge is -2.22. The normalized spacial score (nSPS) is 14.6. The van der Waals surface area contributed by atoms with E-state index in [4.69, 9.17) is 0 Å². The van der Waals surface area contributed by atoms with Gasteiger partial charge in [0.05, 0.1) is 4.90 Å². The second-order valence-corrected chi connectivity index (χ2v) is 8.97. The van der Waals surface area contributed by atoms with Crippen LogP contribution in [0.15, 0.2) is 47.5 Å². The third-order valence-corrected chi connectivity index (χ3v) is 6.22. The molecule has 1 unspecified atom stereocenters. The summed E-state index contributed by atoms with van der Waals surface area (Å²) in [4.78, 5) is 30.1. The van der Waals surface area contributed by atoms with E-state index >= 15 is 0 Å². The van der Waals surface area contributed by atoms with Gasteiger partial charge in [0, 0.05) is 25.4 Å². The number of carbonyl (C=O) groups is 2. The Morgan fingerprint density at radius 2 is 1.93 bits per heavy atom. The van der Waals surface area contributed by atoms with Crippen LogP contribution in [-0.4, -0.2) is 37.8 Å². The van der Waals surface area contributed by atoms with Crippen molar-refractivity contribution in [3.63, 3.8) is 0 Å². The molecule has 1 aliphatic rings. The van der Waals surface area contributed by atoms with Crippen molar-refractivity contribution in [1.82, 2.24) is 9.71 Å². The fourth-order valence-electron chi connectivity index (χ4n) is 3.24. The molecule has 1 atom stereocenters. The molecule has 0 bridgehead atoms. The van der Waals surface area contributed by atoms with E-state index < -0.39 is 22.0 Å². The number of aromatic nitrogens is 1. The predicted molar refractivity (Wildman–Crippen MR) is 110 cm³/mol. The molecular formula is C20H24N4O4S. The van der Waals surface area contributed by atoms with E-state index in [9.17, 15) is 18.0 Å². The Hall–Kier alpha value is -2.78. The van der Waals surface area contributed by atoms with Crippen molar-refractivity contribution in [3.05, 3.63) is 48.2 Å². The lowest BCUT2D eigenvalue weighted by atomic mass is 10.1. The molecule has 29 heavy (non-hydrogen) atoms. The van der Waals surface area contributed by atoms with Crippen LogP contribution < -0.4 is 14.9 Å². The second kappa shape index (κ2) is 8.30. The maximum atomic E-state index is 12.9. The number of benzene rings is 1. The number of sulfonamides is 1. The van der Waals surface area contributed by atoms with Crippen molar-refractivity contribution < 1.29 is 18.0 Å². The molecule has 154 valence electrons. The zero-order valence-electron chi connectivity index (χ0n) is 16.5. The fraction of sp³-hybridized carbons (Fsp3) is 0.350. The number of amides is 2. The van der Waals surface area contributed by atoms with Gasteiger partial charge in [-0.3, -0.25) is 9.59 Å². The minimum atomic E-state index is -3.94. The smallest absolute Gasteiger partial charge is 0.243 e. The van der Waals surface area contributed by atoms with E-state index in [1.54, 1.807) is 55.3 Å². The Bertz CT molecular complexity index is 1020. The molecule has 2 heterocycles. The van der Waals surface area contributed by atoms with Crippen LogP contribution in [0.1, 0.15) is 26.3 Å². The first-order chi connectivity index (χ1) is 13.7. The van der Waals surface area contributed by atoms with Crippen LogP contribution in [0.25, 0.3) is 0 Å². The Morgan fingerprint density at radius 1 is 1.17 bits per heavy atom. The summed E-state index contributed by atoms with van der Waals surface area (Å²) in [6, 6.07) is 8.77. The molecule has 1 aromatic carbocycles.